The van der Waals surface area contributed by atoms with Gasteiger partial charge in [-0.3, -0.25) is 10.1 Å². The summed E-state index contributed by atoms with van der Waals surface area (Å²) in [6, 6.07) is 17.3. The van der Waals surface area contributed by atoms with E-state index in [1.807, 2.05) is 35.7 Å². The van der Waals surface area contributed by atoms with Gasteiger partial charge in [0.15, 0.2) is 0 Å². The number of carboxylic acid groups (broad SMARTS) is 1. The first kappa shape index (κ1) is 17.3. The molecule has 0 amide bonds. The molecule has 1 aromatic heterocycles. The molecule has 0 aliphatic heterocycles. The highest BCUT2D eigenvalue weighted by Gasteiger charge is 2.17. The maximum absolute atomic E-state index is 11.5. The van der Waals surface area contributed by atoms with Gasteiger partial charge in [0, 0.05) is 17.5 Å². The minimum Gasteiger partial charge on any atom is -0.480 e. The molecule has 0 saturated heterocycles. The average Bonchev–Trinajstić information content (AvgIpc) is 3.09. The molecule has 0 radical (unpaired) electrons. The van der Waals surface area contributed by atoms with Crippen molar-refractivity contribution in [2.24, 2.45) is 0 Å². The zero-order valence-corrected chi connectivity index (χ0v) is 14.8. The minimum atomic E-state index is -0.849. The fourth-order valence-electron chi connectivity index (χ4n) is 2.54. The maximum atomic E-state index is 11.5. The first-order valence-electron chi connectivity index (χ1n) is 8.13. The van der Waals surface area contributed by atoms with Crippen molar-refractivity contribution in [3.63, 3.8) is 0 Å². The maximum Gasteiger partial charge on any atom is 0.321 e. The van der Waals surface area contributed by atoms with E-state index in [9.17, 15) is 9.90 Å². The summed E-state index contributed by atoms with van der Waals surface area (Å²) >= 11 is 1.57. The number of benzene rings is 2. The van der Waals surface area contributed by atoms with Crippen LogP contribution in [0.4, 0.5) is 0 Å². The van der Waals surface area contributed by atoms with Crippen LogP contribution in [0.15, 0.2) is 60.0 Å². The van der Waals surface area contributed by atoms with Crippen LogP contribution in [0.5, 0.6) is 0 Å². The second-order valence-corrected chi connectivity index (χ2v) is 6.83. The summed E-state index contributed by atoms with van der Waals surface area (Å²) in [7, 11) is 0. The smallest absolute Gasteiger partial charge is 0.321 e. The molecule has 0 fully saturated rings. The quantitative estimate of drug-likeness (QED) is 0.677. The average molecular weight is 352 g/mol. The molecule has 1 heterocycles. The summed E-state index contributed by atoms with van der Waals surface area (Å²) in [5.41, 5.74) is 4.16. The highest BCUT2D eigenvalue weighted by Crippen LogP contribution is 2.24. The molecule has 3 rings (SSSR count). The Balaban J connectivity index is 1.63. The standard InChI is InChI=1S/C20H20N2O2S/c1-14-7-9-16(10-8-14)19-22-17(13-25-19)12-21-18(20(23)24)11-15-5-3-2-4-6-15/h2-10,13,18,21H,11-12H2,1H3,(H,23,24)/t18-/m1/s1. The molecule has 0 bridgehead atoms. The molecule has 128 valence electrons. The minimum absolute atomic E-state index is 0.437. The topological polar surface area (TPSA) is 62.2 Å². The van der Waals surface area contributed by atoms with E-state index in [-0.39, 0.29) is 0 Å². The number of rotatable bonds is 7. The normalized spacial score (nSPS) is 12.0. The van der Waals surface area contributed by atoms with Gasteiger partial charge in [0.05, 0.1) is 5.69 Å². The number of hydrogen-bond donors (Lipinski definition) is 2. The van der Waals surface area contributed by atoms with Gasteiger partial charge in [-0.1, -0.05) is 60.2 Å². The number of nitrogens with one attached hydrogen (secondary N) is 1. The fourth-order valence-corrected chi connectivity index (χ4v) is 3.37. The Hall–Kier alpha value is -2.50. The van der Waals surface area contributed by atoms with Crippen LogP contribution in [-0.2, 0) is 17.8 Å². The van der Waals surface area contributed by atoms with E-state index in [1.54, 1.807) is 11.3 Å². The highest BCUT2D eigenvalue weighted by molar-refractivity contribution is 7.13. The summed E-state index contributed by atoms with van der Waals surface area (Å²) in [6.07, 6.45) is 0.450. The van der Waals surface area contributed by atoms with E-state index in [0.717, 1.165) is 21.8 Å². The highest BCUT2D eigenvalue weighted by atomic mass is 32.1. The number of aryl methyl sites for hydroxylation is 1. The van der Waals surface area contributed by atoms with E-state index in [4.69, 9.17) is 0 Å². The lowest BCUT2D eigenvalue weighted by Gasteiger charge is -2.13. The lowest BCUT2D eigenvalue weighted by atomic mass is 10.1. The Kier molecular flexibility index (Phi) is 5.58. The van der Waals surface area contributed by atoms with E-state index in [0.29, 0.717) is 13.0 Å². The number of nitrogens with zero attached hydrogens (tertiary/aromatic N) is 1. The van der Waals surface area contributed by atoms with Crippen molar-refractivity contribution < 1.29 is 9.90 Å². The number of aromatic nitrogens is 1. The monoisotopic (exact) mass is 352 g/mol. The van der Waals surface area contributed by atoms with Crippen LogP contribution in [-0.4, -0.2) is 22.1 Å². The summed E-state index contributed by atoms with van der Waals surface area (Å²) in [4.78, 5) is 16.1. The van der Waals surface area contributed by atoms with Gasteiger partial charge in [0.1, 0.15) is 11.0 Å². The summed E-state index contributed by atoms with van der Waals surface area (Å²) in [6.45, 7) is 2.49. The number of hydrogen-bond acceptors (Lipinski definition) is 4. The second kappa shape index (κ2) is 8.05. The van der Waals surface area contributed by atoms with Crippen molar-refractivity contribution in [1.82, 2.24) is 10.3 Å². The van der Waals surface area contributed by atoms with Gasteiger partial charge in [-0.05, 0) is 18.9 Å². The Morgan fingerprint density at radius 3 is 2.56 bits per heavy atom. The van der Waals surface area contributed by atoms with Gasteiger partial charge >= 0.3 is 5.97 Å². The van der Waals surface area contributed by atoms with Crippen molar-refractivity contribution >= 4 is 17.3 Å². The third kappa shape index (κ3) is 4.75. The number of aliphatic carboxylic acids is 1. The molecule has 0 spiro atoms. The predicted molar refractivity (Wildman–Crippen MR) is 101 cm³/mol. The molecule has 3 aromatic rings. The van der Waals surface area contributed by atoms with Crippen LogP contribution in [0.3, 0.4) is 0 Å². The molecule has 1 atom stereocenters. The molecule has 2 aromatic carbocycles. The third-order valence-corrected chi connectivity index (χ3v) is 4.90. The fraction of sp³-hybridized carbons (Fsp3) is 0.200. The SMILES string of the molecule is Cc1ccc(-c2nc(CN[C@H](Cc3ccccc3)C(=O)O)cs2)cc1. The number of carbonyl (C=O) groups is 1. The van der Waals surface area contributed by atoms with Crippen LogP contribution in [0.25, 0.3) is 10.6 Å². The Labute approximate surface area is 151 Å². The van der Waals surface area contributed by atoms with Crippen molar-refractivity contribution in [3.8, 4) is 10.6 Å². The summed E-state index contributed by atoms with van der Waals surface area (Å²) in [5.74, 6) is -0.849. The van der Waals surface area contributed by atoms with E-state index in [1.165, 1.54) is 5.56 Å². The zero-order chi connectivity index (χ0) is 17.6. The Morgan fingerprint density at radius 2 is 1.88 bits per heavy atom. The van der Waals surface area contributed by atoms with Gasteiger partial charge in [-0.2, -0.15) is 0 Å². The van der Waals surface area contributed by atoms with Crippen molar-refractivity contribution in [3.05, 3.63) is 76.8 Å². The molecule has 0 unspecified atom stereocenters. The first-order chi connectivity index (χ1) is 12.1. The molecule has 0 saturated carbocycles. The van der Waals surface area contributed by atoms with Crippen LogP contribution < -0.4 is 5.32 Å². The zero-order valence-electron chi connectivity index (χ0n) is 14.0. The van der Waals surface area contributed by atoms with Crippen molar-refractivity contribution in [1.29, 1.82) is 0 Å². The molecular formula is C20H20N2O2S. The van der Waals surface area contributed by atoms with Gasteiger partial charge in [0.25, 0.3) is 0 Å². The van der Waals surface area contributed by atoms with Crippen LogP contribution >= 0.6 is 11.3 Å². The second-order valence-electron chi connectivity index (χ2n) is 5.97. The molecular weight excluding hydrogens is 332 g/mol. The first-order valence-corrected chi connectivity index (χ1v) is 9.01. The third-order valence-electron chi connectivity index (χ3n) is 3.96. The van der Waals surface area contributed by atoms with Crippen LogP contribution in [0.2, 0.25) is 0 Å². The molecule has 0 aliphatic carbocycles. The predicted octanol–water partition coefficient (Wildman–Crippen LogP) is 3.90. The number of thiazole rings is 1. The molecule has 2 N–H and O–H groups in total. The van der Waals surface area contributed by atoms with Gasteiger partial charge in [-0.25, -0.2) is 4.98 Å². The van der Waals surface area contributed by atoms with E-state index < -0.39 is 12.0 Å². The molecule has 4 nitrogen and oxygen atoms in total. The van der Waals surface area contributed by atoms with Gasteiger partial charge in [0.2, 0.25) is 0 Å². The van der Waals surface area contributed by atoms with Crippen molar-refractivity contribution in [2.75, 3.05) is 0 Å². The van der Waals surface area contributed by atoms with Gasteiger partial charge < -0.3 is 5.11 Å². The van der Waals surface area contributed by atoms with Crippen molar-refractivity contribution in [2.45, 2.75) is 25.9 Å². The van der Waals surface area contributed by atoms with Gasteiger partial charge in [-0.15, -0.1) is 11.3 Å². The lowest BCUT2D eigenvalue weighted by Crippen LogP contribution is -2.38. The number of carboxylic acids is 1. The Morgan fingerprint density at radius 1 is 1.16 bits per heavy atom. The summed E-state index contributed by atoms with van der Waals surface area (Å²) in [5, 5.41) is 15.5. The summed E-state index contributed by atoms with van der Waals surface area (Å²) < 4.78 is 0. The van der Waals surface area contributed by atoms with E-state index in [2.05, 4.69) is 41.5 Å². The largest absolute Gasteiger partial charge is 0.480 e. The molecule has 25 heavy (non-hydrogen) atoms. The molecule has 0 aliphatic rings. The molecule has 5 heteroatoms. The van der Waals surface area contributed by atoms with Crippen LogP contribution in [0, 0.1) is 6.92 Å². The Bertz CT molecular complexity index is 828. The van der Waals surface area contributed by atoms with E-state index >= 15 is 0 Å². The lowest BCUT2D eigenvalue weighted by molar-refractivity contribution is -0.139. The van der Waals surface area contributed by atoms with Crippen LogP contribution in [0.1, 0.15) is 16.8 Å².